The van der Waals surface area contributed by atoms with Gasteiger partial charge in [-0.3, -0.25) is 4.79 Å². The van der Waals surface area contributed by atoms with E-state index in [0.717, 1.165) is 44.1 Å². The molecule has 4 atom stereocenters. The monoisotopic (exact) mass is 529 g/mol. The lowest BCUT2D eigenvalue weighted by Gasteiger charge is -2.43. The van der Waals surface area contributed by atoms with Gasteiger partial charge in [0, 0.05) is 44.0 Å². The Morgan fingerprint density at radius 1 is 1.32 bits per heavy atom. The Morgan fingerprint density at radius 3 is 2.89 bits per heavy atom. The molecule has 202 valence electrons. The molecule has 1 saturated heterocycles. The maximum atomic E-state index is 13.4. The molecule has 8 heteroatoms. The smallest absolute Gasteiger partial charge is 0.225 e. The summed E-state index contributed by atoms with van der Waals surface area (Å²) in [6.45, 7) is 3.92. The summed E-state index contributed by atoms with van der Waals surface area (Å²) in [5.74, 6) is 0.0675. The van der Waals surface area contributed by atoms with E-state index in [2.05, 4.69) is 24.0 Å². The summed E-state index contributed by atoms with van der Waals surface area (Å²) in [6, 6.07) is 10.1. The molecule has 1 aliphatic heterocycles. The summed E-state index contributed by atoms with van der Waals surface area (Å²) in [4.78, 5) is 19.6. The summed E-state index contributed by atoms with van der Waals surface area (Å²) in [6.07, 6.45) is 6.31. The molecule has 7 nitrogen and oxygen atoms in total. The summed E-state index contributed by atoms with van der Waals surface area (Å²) in [7, 11) is 1.68. The first-order valence-electron chi connectivity index (χ1n) is 13.5. The van der Waals surface area contributed by atoms with Gasteiger partial charge in [0.15, 0.2) is 0 Å². The van der Waals surface area contributed by atoms with Gasteiger partial charge in [0.05, 0.1) is 13.2 Å². The van der Waals surface area contributed by atoms with Gasteiger partial charge in [0.1, 0.15) is 16.9 Å². The third-order valence-electron chi connectivity index (χ3n) is 7.88. The van der Waals surface area contributed by atoms with Crippen molar-refractivity contribution in [1.29, 1.82) is 0 Å². The second-order valence-corrected chi connectivity index (χ2v) is 10.7. The van der Waals surface area contributed by atoms with Crippen molar-refractivity contribution in [2.24, 2.45) is 11.7 Å². The molecule has 1 aromatic carbocycles. The minimum atomic E-state index is -1.37. The Kier molecular flexibility index (Phi) is 9.59. The highest BCUT2D eigenvalue weighted by Crippen LogP contribution is 2.42. The third kappa shape index (κ3) is 6.35. The standard InChI is InChI=1S/C29H40ClN3O4/c1-3-20-7-6-8-21(17-20)26-24(11-13-32-27(26)30)29(35,12-4-5-15-36-2)25-19-33(14-16-37-25)28(34)22-9-10-23(31)18-22/h6-8,11,13,17,22-23,25,35H,3-5,9-10,12,14-16,18-19,31H2,1-2H3. The molecule has 2 aromatic rings. The second kappa shape index (κ2) is 12.7. The highest BCUT2D eigenvalue weighted by molar-refractivity contribution is 6.32. The number of aromatic nitrogens is 1. The van der Waals surface area contributed by atoms with E-state index in [9.17, 15) is 9.90 Å². The molecule has 4 rings (SSSR count). The van der Waals surface area contributed by atoms with Crippen LogP contribution in [0.1, 0.15) is 56.6 Å². The van der Waals surface area contributed by atoms with Crippen LogP contribution in [0.4, 0.5) is 0 Å². The van der Waals surface area contributed by atoms with Crippen LogP contribution < -0.4 is 5.73 Å². The number of pyridine rings is 1. The van der Waals surface area contributed by atoms with Crippen LogP contribution in [-0.2, 0) is 26.3 Å². The highest BCUT2D eigenvalue weighted by atomic mass is 35.5. The number of amides is 1. The van der Waals surface area contributed by atoms with E-state index < -0.39 is 11.7 Å². The molecule has 2 heterocycles. The summed E-state index contributed by atoms with van der Waals surface area (Å²) in [5, 5.41) is 12.8. The maximum Gasteiger partial charge on any atom is 0.225 e. The number of morpholine rings is 1. The van der Waals surface area contributed by atoms with Crippen molar-refractivity contribution in [2.75, 3.05) is 33.4 Å². The molecule has 1 aliphatic carbocycles. The van der Waals surface area contributed by atoms with Crippen LogP contribution >= 0.6 is 11.6 Å². The van der Waals surface area contributed by atoms with Gasteiger partial charge in [0.25, 0.3) is 0 Å². The van der Waals surface area contributed by atoms with E-state index in [1.165, 1.54) is 5.56 Å². The van der Waals surface area contributed by atoms with Crippen molar-refractivity contribution in [3.05, 3.63) is 52.8 Å². The van der Waals surface area contributed by atoms with E-state index >= 15 is 0 Å². The van der Waals surface area contributed by atoms with Crippen LogP contribution in [0.25, 0.3) is 11.1 Å². The summed E-state index contributed by atoms with van der Waals surface area (Å²) in [5.41, 5.74) is 8.19. The fourth-order valence-electron chi connectivity index (χ4n) is 5.77. The molecule has 0 bridgehead atoms. The molecular formula is C29H40ClN3O4. The number of ether oxygens (including phenoxy) is 2. The number of aliphatic hydroxyl groups is 1. The molecule has 2 fully saturated rings. The Morgan fingerprint density at radius 2 is 2.16 bits per heavy atom. The normalized spacial score (nSPS) is 23.7. The van der Waals surface area contributed by atoms with Crippen molar-refractivity contribution >= 4 is 17.5 Å². The number of methoxy groups -OCH3 is 1. The molecule has 0 spiro atoms. The van der Waals surface area contributed by atoms with Gasteiger partial charge in [0.2, 0.25) is 5.91 Å². The Hall–Kier alpha value is -2.03. The van der Waals surface area contributed by atoms with E-state index in [4.69, 9.17) is 26.8 Å². The van der Waals surface area contributed by atoms with Gasteiger partial charge in [-0.2, -0.15) is 0 Å². The van der Waals surface area contributed by atoms with Crippen LogP contribution in [0, 0.1) is 5.92 Å². The number of benzene rings is 1. The summed E-state index contributed by atoms with van der Waals surface area (Å²) >= 11 is 6.71. The number of halogens is 1. The Balaban J connectivity index is 1.70. The van der Waals surface area contributed by atoms with E-state index in [1.807, 2.05) is 23.1 Å². The number of carbonyl (C=O) groups is 1. The Labute approximate surface area is 225 Å². The summed E-state index contributed by atoms with van der Waals surface area (Å²) < 4.78 is 11.5. The van der Waals surface area contributed by atoms with Crippen LogP contribution in [0.3, 0.4) is 0 Å². The van der Waals surface area contributed by atoms with Crippen molar-refractivity contribution in [3.63, 3.8) is 0 Å². The number of hydrogen-bond acceptors (Lipinski definition) is 6. The van der Waals surface area contributed by atoms with Gasteiger partial charge in [-0.05, 0) is 67.7 Å². The molecule has 1 saturated carbocycles. The van der Waals surface area contributed by atoms with Crippen LogP contribution in [0.15, 0.2) is 36.5 Å². The Bertz CT molecular complexity index is 1070. The first-order chi connectivity index (χ1) is 17.9. The number of hydrogen-bond donors (Lipinski definition) is 2. The zero-order valence-electron chi connectivity index (χ0n) is 22.0. The zero-order valence-corrected chi connectivity index (χ0v) is 22.8. The lowest BCUT2D eigenvalue weighted by atomic mass is 9.79. The molecule has 3 N–H and O–H groups in total. The zero-order chi connectivity index (χ0) is 26.4. The lowest BCUT2D eigenvalue weighted by Crippen LogP contribution is -2.55. The highest BCUT2D eigenvalue weighted by Gasteiger charge is 2.45. The van der Waals surface area contributed by atoms with Crippen molar-refractivity contribution in [1.82, 2.24) is 9.88 Å². The molecule has 0 radical (unpaired) electrons. The number of unbranched alkanes of at least 4 members (excludes halogenated alkanes) is 1. The van der Waals surface area contributed by atoms with E-state index in [1.54, 1.807) is 13.3 Å². The average Bonchev–Trinajstić information content (AvgIpc) is 3.36. The first kappa shape index (κ1) is 28.0. The number of carbonyl (C=O) groups excluding carboxylic acids is 1. The molecule has 1 amide bonds. The second-order valence-electron chi connectivity index (χ2n) is 10.4. The quantitative estimate of drug-likeness (QED) is 0.351. The van der Waals surface area contributed by atoms with E-state index in [0.29, 0.717) is 49.0 Å². The SMILES string of the molecule is CCc1cccc(-c2c(C(O)(CCCCOC)C3CN(C(=O)C4CCC(N)C4)CCO3)ccnc2Cl)c1. The first-order valence-corrected chi connectivity index (χ1v) is 13.9. The van der Waals surface area contributed by atoms with Gasteiger partial charge in [-0.25, -0.2) is 4.98 Å². The van der Waals surface area contributed by atoms with Gasteiger partial charge in [-0.1, -0.05) is 42.8 Å². The number of rotatable bonds is 10. The molecule has 2 aliphatic rings. The van der Waals surface area contributed by atoms with Crippen LogP contribution in [0.5, 0.6) is 0 Å². The van der Waals surface area contributed by atoms with Crippen LogP contribution in [0.2, 0.25) is 5.15 Å². The lowest BCUT2D eigenvalue weighted by molar-refractivity contribution is -0.167. The fourth-order valence-corrected chi connectivity index (χ4v) is 6.03. The average molecular weight is 530 g/mol. The van der Waals surface area contributed by atoms with Gasteiger partial charge in [-0.15, -0.1) is 0 Å². The van der Waals surface area contributed by atoms with E-state index in [-0.39, 0.29) is 17.9 Å². The molecule has 1 aromatic heterocycles. The number of nitrogens with zero attached hydrogens (tertiary/aromatic N) is 2. The van der Waals surface area contributed by atoms with Crippen molar-refractivity contribution < 1.29 is 19.4 Å². The minimum absolute atomic E-state index is 0.0498. The number of nitrogens with two attached hydrogens (primary N) is 1. The topological polar surface area (TPSA) is 97.9 Å². The van der Waals surface area contributed by atoms with Gasteiger partial charge < -0.3 is 25.2 Å². The van der Waals surface area contributed by atoms with Crippen molar-refractivity contribution in [3.8, 4) is 11.1 Å². The molecule has 37 heavy (non-hydrogen) atoms. The number of aryl methyl sites for hydroxylation is 1. The third-order valence-corrected chi connectivity index (χ3v) is 8.17. The fraction of sp³-hybridized carbons (Fsp3) is 0.586. The molecule has 4 unspecified atom stereocenters. The van der Waals surface area contributed by atoms with Crippen molar-refractivity contribution in [2.45, 2.75) is 69.6 Å². The maximum absolute atomic E-state index is 13.4. The largest absolute Gasteiger partial charge is 0.385 e. The van der Waals surface area contributed by atoms with Crippen LogP contribution in [-0.4, -0.2) is 66.5 Å². The van der Waals surface area contributed by atoms with Gasteiger partial charge >= 0.3 is 0 Å². The predicted octanol–water partition coefficient (Wildman–Crippen LogP) is 4.32. The molecular weight excluding hydrogens is 490 g/mol. The minimum Gasteiger partial charge on any atom is -0.385 e. The predicted molar refractivity (Wildman–Crippen MR) is 145 cm³/mol.